The minimum atomic E-state index is 0. The zero-order chi connectivity index (χ0) is 13.7. The van der Waals surface area contributed by atoms with Gasteiger partial charge in [0.05, 0.1) is 0 Å². The van der Waals surface area contributed by atoms with Crippen molar-refractivity contribution in [3.05, 3.63) is 53.3 Å². The zero-order valence-corrected chi connectivity index (χ0v) is 13.2. The van der Waals surface area contributed by atoms with E-state index in [1.54, 1.807) is 0 Å². The largest absolute Gasteiger partial charge is 0.461 e. The summed E-state index contributed by atoms with van der Waals surface area (Å²) in [6.07, 6.45) is 1.03. The molecular weight excluding hydrogens is 282 g/mol. The summed E-state index contributed by atoms with van der Waals surface area (Å²) in [5.74, 6) is 2.76. The summed E-state index contributed by atoms with van der Waals surface area (Å²) < 4.78 is 6.26. The third-order valence-corrected chi connectivity index (χ3v) is 4.45. The maximum atomic E-state index is 6.26. The Kier molecular flexibility index (Phi) is 3.68. The molecule has 4 rings (SSSR count). The highest BCUT2D eigenvalue weighted by atomic mass is 35.5. The molecule has 0 radical (unpaired) electrons. The molecule has 1 atom stereocenters. The molecule has 0 saturated heterocycles. The molecule has 2 aliphatic rings. The minimum Gasteiger partial charge on any atom is -0.461 e. The van der Waals surface area contributed by atoms with E-state index in [9.17, 15) is 0 Å². The van der Waals surface area contributed by atoms with Gasteiger partial charge in [-0.3, -0.25) is 0 Å². The van der Waals surface area contributed by atoms with Crippen molar-refractivity contribution in [2.24, 2.45) is 5.92 Å². The van der Waals surface area contributed by atoms with Crippen molar-refractivity contribution in [3.63, 3.8) is 0 Å². The average molecular weight is 302 g/mol. The summed E-state index contributed by atoms with van der Waals surface area (Å²) in [5, 5.41) is 2.63. The highest BCUT2D eigenvalue weighted by Gasteiger charge is 2.29. The van der Waals surface area contributed by atoms with Crippen LogP contribution in [0.2, 0.25) is 0 Å². The molecule has 2 heterocycles. The third kappa shape index (κ3) is 2.33. The van der Waals surface area contributed by atoms with E-state index in [1.165, 1.54) is 27.7 Å². The van der Waals surface area contributed by atoms with Gasteiger partial charge in [0.15, 0.2) is 0 Å². The Morgan fingerprint density at radius 1 is 1.14 bits per heavy atom. The number of rotatable bonds is 0. The highest BCUT2D eigenvalue weighted by molar-refractivity contribution is 5.88. The number of hydrogen-bond acceptors (Lipinski definition) is 2. The first kappa shape index (κ1) is 14.4. The second-order valence-electron chi connectivity index (χ2n) is 6.11. The standard InChI is InChI=1S/C18H19NO.ClH/c1-12-10-19(2)11-14-9-16-15-6-4-3-5-13(15)7-8-17(16)20-18(12)14;/h3-8,12H,9-11H2,1-2H3;1H. The van der Waals surface area contributed by atoms with E-state index in [2.05, 4.69) is 55.3 Å². The molecule has 21 heavy (non-hydrogen) atoms. The Balaban J connectivity index is 0.00000132. The predicted octanol–water partition coefficient (Wildman–Crippen LogP) is 4.03. The lowest BCUT2D eigenvalue weighted by atomic mass is 9.89. The molecule has 0 amide bonds. The van der Waals surface area contributed by atoms with Crippen LogP contribution in [0, 0.1) is 5.92 Å². The van der Waals surface area contributed by atoms with Crippen LogP contribution in [0.3, 0.4) is 0 Å². The first-order valence-electron chi connectivity index (χ1n) is 7.31. The van der Waals surface area contributed by atoms with Gasteiger partial charge in [-0.15, -0.1) is 12.4 Å². The Hall–Kier alpha value is -1.51. The number of ether oxygens (including phenoxy) is 1. The molecule has 3 heteroatoms. The lowest BCUT2D eigenvalue weighted by Crippen LogP contribution is -2.36. The van der Waals surface area contributed by atoms with Crippen LogP contribution in [-0.4, -0.2) is 25.0 Å². The molecule has 2 aromatic carbocycles. The maximum absolute atomic E-state index is 6.26. The minimum absolute atomic E-state index is 0. The van der Waals surface area contributed by atoms with Gasteiger partial charge in [-0.2, -0.15) is 0 Å². The molecule has 2 aromatic rings. The van der Waals surface area contributed by atoms with Gasteiger partial charge >= 0.3 is 0 Å². The number of nitrogens with zero attached hydrogens (tertiary/aromatic N) is 1. The van der Waals surface area contributed by atoms with Gasteiger partial charge in [-0.25, -0.2) is 0 Å². The van der Waals surface area contributed by atoms with Crippen molar-refractivity contribution < 1.29 is 4.74 Å². The Morgan fingerprint density at radius 3 is 2.81 bits per heavy atom. The number of benzene rings is 2. The van der Waals surface area contributed by atoms with E-state index in [0.29, 0.717) is 5.92 Å². The number of fused-ring (bicyclic) bond motifs is 3. The van der Waals surface area contributed by atoms with Crippen LogP contribution in [0.4, 0.5) is 0 Å². The van der Waals surface area contributed by atoms with Crippen molar-refractivity contribution in [1.82, 2.24) is 4.90 Å². The van der Waals surface area contributed by atoms with E-state index in [4.69, 9.17) is 4.74 Å². The Bertz CT molecular complexity index is 722. The van der Waals surface area contributed by atoms with E-state index < -0.39 is 0 Å². The van der Waals surface area contributed by atoms with Crippen LogP contribution >= 0.6 is 12.4 Å². The first-order chi connectivity index (χ1) is 9.72. The molecule has 0 saturated carbocycles. The lowest BCUT2D eigenvalue weighted by Gasteiger charge is -2.35. The molecular formula is C18H20ClNO. The molecule has 0 aliphatic carbocycles. The van der Waals surface area contributed by atoms with Crippen LogP contribution in [0.5, 0.6) is 5.75 Å². The molecule has 0 bridgehead atoms. The summed E-state index contributed by atoms with van der Waals surface area (Å²) in [6, 6.07) is 12.9. The van der Waals surface area contributed by atoms with Gasteiger partial charge < -0.3 is 9.64 Å². The third-order valence-electron chi connectivity index (χ3n) is 4.45. The van der Waals surface area contributed by atoms with Crippen LogP contribution < -0.4 is 4.74 Å². The van der Waals surface area contributed by atoms with E-state index in [1.807, 2.05) is 0 Å². The Morgan fingerprint density at radius 2 is 1.95 bits per heavy atom. The van der Waals surface area contributed by atoms with E-state index >= 15 is 0 Å². The fourth-order valence-corrected chi connectivity index (χ4v) is 3.61. The van der Waals surface area contributed by atoms with E-state index in [0.717, 1.165) is 25.3 Å². The van der Waals surface area contributed by atoms with Gasteiger partial charge in [0.2, 0.25) is 0 Å². The van der Waals surface area contributed by atoms with Crippen molar-refractivity contribution in [3.8, 4) is 5.75 Å². The maximum Gasteiger partial charge on any atom is 0.131 e. The van der Waals surface area contributed by atoms with Crippen molar-refractivity contribution >= 4 is 23.2 Å². The first-order valence-corrected chi connectivity index (χ1v) is 7.31. The van der Waals surface area contributed by atoms with Crippen molar-refractivity contribution in [2.75, 3.05) is 20.1 Å². The second-order valence-corrected chi connectivity index (χ2v) is 6.11. The molecule has 0 spiro atoms. The van der Waals surface area contributed by atoms with Crippen molar-refractivity contribution in [1.29, 1.82) is 0 Å². The summed E-state index contributed by atoms with van der Waals surface area (Å²) in [5.41, 5.74) is 2.81. The van der Waals surface area contributed by atoms with Crippen molar-refractivity contribution in [2.45, 2.75) is 13.3 Å². The van der Waals surface area contributed by atoms with Crippen LogP contribution in [0.1, 0.15) is 12.5 Å². The molecule has 0 aromatic heterocycles. The second kappa shape index (κ2) is 5.36. The highest BCUT2D eigenvalue weighted by Crippen LogP contribution is 2.39. The molecule has 2 nitrogen and oxygen atoms in total. The number of halogens is 1. The predicted molar refractivity (Wildman–Crippen MR) is 89.2 cm³/mol. The molecule has 110 valence electrons. The van der Waals surface area contributed by atoms with Gasteiger partial charge in [0, 0.05) is 31.0 Å². The van der Waals surface area contributed by atoms with Crippen LogP contribution in [0.15, 0.2) is 47.7 Å². The summed E-state index contributed by atoms with van der Waals surface area (Å²) in [4.78, 5) is 2.39. The lowest BCUT2D eigenvalue weighted by molar-refractivity contribution is 0.229. The monoisotopic (exact) mass is 301 g/mol. The molecule has 2 aliphatic heterocycles. The molecule has 0 N–H and O–H groups in total. The van der Waals surface area contributed by atoms with Gasteiger partial charge in [0.25, 0.3) is 0 Å². The van der Waals surface area contributed by atoms with Gasteiger partial charge in [-0.05, 0) is 29.5 Å². The molecule has 0 fully saturated rings. The fraction of sp³-hybridized carbons (Fsp3) is 0.333. The SMILES string of the molecule is CC1CN(C)CC2=C1Oc1ccc3ccccc3c1C2.Cl. The van der Waals surface area contributed by atoms with Gasteiger partial charge in [-0.1, -0.05) is 37.3 Å². The van der Waals surface area contributed by atoms with Crippen LogP contribution in [-0.2, 0) is 6.42 Å². The molecule has 1 unspecified atom stereocenters. The Labute approximate surface area is 131 Å². The summed E-state index contributed by atoms with van der Waals surface area (Å²) in [6.45, 7) is 4.38. The van der Waals surface area contributed by atoms with Crippen LogP contribution in [0.25, 0.3) is 10.8 Å². The number of hydrogen-bond donors (Lipinski definition) is 0. The summed E-state index contributed by atoms with van der Waals surface area (Å²) in [7, 11) is 2.19. The topological polar surface area (TPSA) is 12.5 Å². The zero-order valence-electron chi connectivity index (χ0n) is 12.4. The summed E-state index contributed by atoms with van der Waals surface area (Å²) >= 11 is 0. The van der Waals surface area contributed by atoms with E-state index in [-0.39, 0.29) is 12.4 Å². The average Bonchev–Trinajstić information content (AvgIpc) is 2.45. The fourth-order valence-electron chi connectivity index (χ4n) is 3.61. The quantitative estimate of drug-likeness (QED) is 0.728. The number of likely N-dealkylation sites (N-methyl/N-ethyl adjacent to an activating group) is 1. The van der Waals surface area contributed by atoms with Gasteiger partial charge in [0.1, 0.15) is 11.5 Å². The smallest absolute Gasteiger partial charge is 0.131 e. The normalized spacial score (nSPS) is 21.3.